The van der Waals surface area contributed by atoms with E-state index in [0.717, 1.165) is 32.2 Å². The Morgan fingerprint density at radius 2 is 1.11 bits per heavy atom. The topological polar surface area (TPSA) is 85.5 Å². The minimum absolute atomic E-state index is 0. The van der Waals surface area contributed by atoms with Gasteiger partial charge in [0.15, 0.2) is 12.4 Å². The quantitative estimate of drug-likeness (QED) is 0.0369. The third kappa shape index (κ3) is 30.4. The van der Waals surface area contributed by atoms with Gasteiger partial charge in [-0.1, -0.05) is 160 Å². The second-order valence-electron chi connectivity index (χ2n) is 13.5. The Labute approximate surface area is 300 Å². The van der Waals surface area contributed by atoms with Crippen LogP contribution >= 0.6 is 0 Å². The number of hydrogen-bond donors (Lipinski definition) is 4. The van der Waals surface area contributed by atoms with Crippen molar-refractivity contribution in [2.75, 3.05) is 13.2 Å². The van der Waals surface area contributed by atoms with Crippen LogP contribution < -0.4 is 32.2 Å². The SMILES string of the molecule is CCCCCCCCCCCCC/C=C/[C@H](O)[C@H](CO)NC(=O)NCCCCCCCCCCCCCCCC[n+]1ccccc1.[Br-]. The summed E-state index contributed by atoms with van der Waals surface area (Å²) in [6.07, 6.45) is 40.7. The van der Waals surface area contributed by atoms with E-state index in [1.165, 1.54) is 141 Å². The van der Waals surface area contributed by atoms with Crippen LogP contribution in [0.2, 0.25) is 0 Å². The molecule has 0 spiro atoms. The van der Waals surface area contributed by atoms with Crippen molar-refractivity contribution < 1.29 is 36.6 Å². The minimum Gasteiger partial charge on any atom is -1.00 e. The molecule has 2 amide bonds. The highest BCUT2D eigenvalue weighted by molar-refractivity contribution is 5.74. The molecule has 0 saturated heterocycles. The summed E-state index contributed by atoms with van der Waals surface area (Å²) in [6, 6.07) is 5.27. The van der Waals surface area contributed by atoms with Gasteiger partial charge in [0.2, 0.25) is 0 Å². The first-order chi connectivity index (χ1) is 22.7. The summed E-state index contributed by atoms with van der Waals surface area (Å²) >= 11 is 0. The molecule has 0 radical (unpaired) electrons. The zero-order valence-corrected chi connectivity index (χ0v) is 31.9. The highest BCUT2D eigenvalue weighted by atomic mass is 79.9. The molecule has 4 N–H and O–H groups in total. The van der Waals surface area contributed by atoms with Crippen molar-refractivity contribution in [3.05, 3.63) is 42.7 Å². The van der Waals surface area contributed by atoms with E-state index >= 15 is 0 Å². The fraction of sp³-hybridized carbons (Fsp3) is 0.800. The van der Waals surface area contributed by atoms with Gasteiger partial charge in [-0.3, -0.25) is 0 Å². The second kappa shape index (κ2) is 35.9. The lowest BCUT2D eigenvalue weighted by molar-refractivity contribution is -0.697. The van der Waals surface area contributed by atoms with Crippen molar-refractivity contribution in [1.82, 2.24) is 10.6 Å². The van der Waals surface area contributed by atoms with Crippen LogP contribution in [-0.2, 0) is 6.54 Å². The van der Waals surface area contributed by atoms with Gasteiger partial charge in [-0.2, -0.15) is 0 Å². The summed E-state index contributed by atoms with van der Waals surface area (Å²) in [5.41, 5.74) is 0. The number of aryl methyl sites for hydroxylation is 1. The molecule has 0 bridgehead atoms. The first-order valence-electron chi connectivity index (χ1n) is 19.6. The van der Waals surface area contributed by atoms with Crippen LogP contribution in [0.15, 0.2) is 42.7 Å². The Balaban J connectivity index is 0.0000212. The number of carbonyl (C=O) groups excluding carboxylic acids is 1. The van der Waals surface area contributed by atoms with E-state index in [1.54, 1.807) is 6.08 Å². The third-order valence-corrected chi connectivity index (χ3v) is 9.14. The predicted octanol–water partition coefficient (Wildman–Crippen LogP) is 6.72. The van der Waals surface area contributed by atoms with Gasteiger partial charge in [-0.05, 0) is 25.7 Å². The zero-order valence-electron chi connectivity index (χ0n) is 30.3. The number of hydrogen-bond acceptors (Lipinski definition) is 3. The molecule has 0 saturated carbocycles. The predicted molar refractivity (Wildman–Crippen MR) is 195 cm³/mol. The number of aliphatic hydroxyl groups is 2. The van der Waals surface area contributed by atoms with E-state index in [9.17, 15) is 15.0 Å². The Morgan fingerprint density at radius 3 is 1.60 bits per heavy atom. The molecular weight excluding hydrogens is 650 g/mol. The monoisotopic (exact) mass is 723 g/mol. The summed E-state index contributed by atoms with van der Waals surface area (Å²) in [5, 5.41) is 25.6. The smallest absolute Gasteiger partial charge is 0.315 e. The van der Waals surface area contributed by atoms with Crippen LogP contribution in [0.4, 0.5) is 4.79 Å². The van der Waals surface area contributed by atoms with Crippen LogP contribution in [0.1, 0.15) is 174 Å². The lowest BCUT2D eigenvalue weighted by Gasteiger charge is -2.20. The fourth-order valence-corrected chi connectivity index (χ4v) is 6.08. The molecule has 7 heteroatoms. The van der Waals surface area contributed by atoms with E-state index in [1.807, 2.05) is 6.08 Å². The molecular formula is C40H74BrN3O3. The van der Waals surface area contributed by atoms with Crippen molar-refractivity contribution in [2.45, 2.75) is 193 Å². The van der Waals surface area contributed by atoms with Gasteiger partial charge in [0.1, 0.15) is 6.54 Å². The van der Waals surface area contributed by atoms with Crippen molar-refractivity contribution >= 4 is 6.03 Å². The fourth-order valence-electron chi connectivity index (χ4n) is 6.08. The molecule has 1 aromatic heterocycles. The molecule has 1 aromatic rings. The van der Waals surface area contributed by atoms with Gasteiger partial charge >= 0.3 is 6.03 Å². The molecule has 274 valence electrons. The Kier molecular flexibility index (Phi) is 34.8. The van der Waals surface area contributed by atoms with Crippen LogP contribution in [0, 0.1) is 0 Å². The summed E-state index contributed by atoms with van der Waals surface area (Å²) < 4.78 is 2.28. The molecule has 2 atom stereocenters. The molecule has 1 rings (SSSR count). The maximum atomic E-state index is 12.2. The first-order valence-corrected chi connectivity index (χ1v) is 19.6. The normalized spacial score (nSPS) is 12.6. The number of amides is 2. The molecule has 6 nitrogen and oxygen atoms in total. The number of unbranched alkanes of at least 4 members (excludes halogenated alkanes) is 24. The summed E-state index contributed by atoms with van der Waals surface area (Å²) in [6.45, 7) is 3.74. The standard InChI is InChI=1S/C40H73N3O3.BrH/c1-2-3-4-5-6-7-8-11-14-17-20-23-27-32-39(45)38(37-44)42-40(46)41-33-28-24-21-18-15-12-9-10-13-16-19-22-25-29-34-43-35-30-26-31-36-43;/h26-27,30-32,35-36,38-39,44-45H,2-25,28-29,33-34,37H2,1H3,(H-,41,42,46);1H/b32-27+;/t38-,39-;/m0./s1. The number of nitrogens with zero attached hydrogens (tertiary/aromatic N) is 1. The molecule has 47 heavy (non-hydrogen) atoms. The average molecular weight is 725 g/mol. The van der Waals surface area contributed by atoms with Gasteiger partial charge in [0, 0.05) is 25.1 Å². The first kappa shape index (κ1) is 45.6. The maximum absolute atomic E-state index is 12.2. The van der Waals surface area contributed by atoms with Crippen LogP contribution in [0.5, 0.6) is 0 Å². The molecule has 0 fully saturated rings. The van der Waals surface area contributed by atoms with E-state index in [2.05, 4.69) is 52.7 Å². The number of urea groups is 1. The Hall–Kier alpha value is -1.44. The second-order valence-corrected chi connectivity index (χ2v) is 13.5. The van der Waals surface area contributed by atoms with Crippen molar-refractivity contribution in [3.8, 4) is 0 Å². The number of halogens is 1. The minimum atomic E-state index is -0.877. The van der Waals surface area contributed by atoms with Gasteiger partial charge in [-0.15, -0.1) is 0 Å². The maximum Gasteiger partial charge on any atom is 0.315 e. The summed E-state index contributed by atoms with van der Waals surface area (Å²) in [5.74, 6) is 0. The van der Waals surface area contributed by atoms with Crippen LogP contribution in [0.25, 0.3) is 0 Å². The number of aliphatic hydroxyl groups excluding tert-OH is 2. The Morgan fingerprint density at radius 1 is 0.660 bits per heavy atom. The molecule has 0 aliphatic rings. The van der Waals surface area contributed by atoms with E-state index < -0.39 is 12.1 Å². The van der Waals surface area contributed by atoms with Gasteiger partial charge in [0.05, 0.1) is 18.8 Å². The number of allylic oxidation sites excluding steroid dienone is 1. The molecule has 0 aliphatic carbocycles. The van der Waals surface area contributed by atoms with Crippen molar-refractivity contribution in [1.29, 1.82) is 0 Å². The number of nitrogens with one attached hydrogen (secondary N) is 2. The summed E-state index contributed by atoms with van der Waals surface area (Å²) in [7, 11) is 0. The third-order valence-electron chi connectivity index (χ3n) is 9.14. The van der Waals surface area contributed by atoms with E-state index in [0.29, 0.717) is 6.54 Å². The lowest BCUT2D eigenvalue weighted by atomic mass is 10.0. The molecule has 1 heterocycles. The van der Waals surface area contributed by atoms with Crippen molar-refractivity contribution in [3.63, 3.8) is 0 Å². The lowest BCUT2D eigenvalue weighted by Crippen LogP contribution is -3.00. The van der Waals surface area contributed by atoms with Crippen molar-refractivity contribution in [2.24, 2.45) is 0 Å². The van der Waals surface area contributed by atoms with Crippen LogP contribution in [-0.4, -0.2) is 41.5 Å². The van der Waals surface area contributed by atoms with E-state index in [-0.39, 0.29) is 29.6 Å². The zero-order chi connectivity index (χ0) is 33.2. The highest BCUT2D eigenvalue weighted by Crippen LogP contribution is 2.14. The highest BCUT2D eigenvalue weighted by Gasteiger charge is 2.17. The van der Waals surface area contributed by atoms with Crippen LogP contribution in [0.3, 0.4) is 0 Å². The number of carbonyl (C=O) groups is 1. The van der Waals surface area contributed by atoms with Gasteiger partial charge < -0.3 is 37.8 Å². The average Bonchev–Trinajstić information content (AvgIpc) is 3.07. The molecule has 0 aromatic carbocycles. The largest absolute Gasteiger partial charge is 1.00 e. The van der Waals surface area contributed by atoms with E-state index in [4.69, 9.17) is 0 Å². The molecule has 0 aliphatic heterocycles. The molecule has 0 unspecified atom stereocenters. The number of aromatic nitrogens is 1. The van der Waals surface area contributed by atoms with Gasteiger partial charge in [0.25, 0.3) is 0 Å². The summed E-state index contributed by atoms with van der Waals surface area (Å²) in [4.78, 5) is 12.2. The van der Waals surface area contributed by atoms with Gasteiger partial charge in [-0.25, -0.2) is 9.36 Å². The Bertz CT molecular complexity index is 811. The number of pyridine rings is 1. The number of rotatable bonds is 33.